The van der Waals surface area contributed by atoms with Crippen molar-refractivity contribution in [3.63, 3.8) is 0 Å². The number of carbonyl (C=O) groups excluding carboxylic acids is 1. The summed E-state index contributed by atoms with van der Waals surface area (Å²) in [5, 5.41) is 3.05. The summed E-state index contributed by atoms with van der Waals surface area (Å²) in [6.07, 6.45) is 6.43. The minimum Gasteiger partial charge on any atom is -0.497 e. The molecule has 1 N–H and O–H groups in total. The number of fused-ring (bicyclic) bond motifs is 1. The monoisotopic (exact) mass is 527 g/mol. The second kappa shape index (κ2) is 14.4. The van der Waals surface area contributed by atoms with E-state index in [1.807, 2.05) is 24.3 Å². The average molecular weight is 528 g/mol. The van der Waals surface area contributed by atoms with Crippen LogP contribution < -0.4 is 14.8 Å². The predicted molar refractivity (Wildman–Crippen MR) is 158 cm³/mol. The van der Waals surface area contributed by atoms with Gasteiger partial charge in [-0.15, -0.1) is 0 Å². The number of imidazole rings is 1. The molecule has 6 heteroatoms. The number of rotatable bonds is 15. The first-order chi connectivity index (χ1) is 19.0. The summed E-state index contributed by atoms with van der Waals surface area (Å²) in [5.74, 6) is 2.99. The van der Waals surface area contributed by atoms with E-state index in [-0.39, 0.29) is 5.91 Å². The first-order valence-corrected chi connectivity index (χ1v) is 14.1. The standard InChI is InChI=1S/C33H41N3O3/c1-25-14-15-26(2)31(23-25)39-22-10-9-21-36-30-12-7-6-11-29(30)35-32(36)13-5-4-8-20-34-33(37)24-27-16-18-28(38-3)19-17-27/h6-7,11-12,14-19,23H,4-5,8-10,13,20-22,24H2,1-3H3,(H,34,37). The smallest absolute Gasteiger partial charge is 0.224 e. The molecular weight excluding hydrogens is 486 g/mol. The molecule has 1 heterocycles. The quantitative estimate of drug-likeness (QED) is 0.177. The summed E-state index contributed by atoms with van der Waals surface area (Å²) in [6.45, 7) is 6.54. The van der Waals surface area contributed by atoms with Crippen molar-refractivity contribution in [3.8, 4) is 11.5 Å². The van der Waals surface area contributed by atoms with E-state index in [0.29, 0.717) is 13.0 Å². The van der Waals surface area contributed by atoms with Gasteiger partial charge in [-0.05, 0) is 86.6 Å². The molecule has 0 atom stereocenters. The minimum absolute atomic E-state index is 0.0588. The Morgan fingerprint density at radius 1 is 0.923 bits per heavy atom. The SMILES string of the molecule is COc1ccc(CC(=O)NCCCCCc2nc3ccccc3n2CCCCOc2cc(C)ccc2C)cc1. The normalized spacial score (nSPS) is 11.1. The summed E-state index contributed by atoms with van der Waals surface area (Å²) in [4.78, 5) is 17.2. The number of hydrogen-bond donors (Lipinski definition) is 1. The Morgan fingerprint density at radius 2 is 1.74 bits per heavy atom. The van der Waals surface area contributed by atoms with Gasteiger partial charge in [-0.1, -0.05) is 42.8 Å². The molecule has 4 aromatic rings. The Kier molecular flexibility index (Phi) is 10.4. The number of unbranched alkanes of at least 4 members (excludes halogenated alkanes) is 3. The maximum Gasteiger partial charge on any atom is 0.224 e. The highest BCUT2D eigenvalue weighted by atomic mass is 16.5. The molecule has 0 saturated heterocycles. The maximum absolute atomic E-state index is 12.3. The summed E-state index contributed by atoms with van der Waals surface area (Å²) in [6, 6.07) is 22.4. The van der Waals surface area contributed by atoms with Crippen molar-refractivity contribution >= 4 is 16.9 Å². The van der Waals surface area contributed by atoms with E-state index in [9.17, 15) is 4.79 Å². The minimum atomic E-state index is 0.0588. The first kappa shape index (κ1) is 28.2. The van der Waals surface area contributed by atoms with Gasteiger partial charge in [0.05, 0.1) is 31.2 Å². The molecular formula is C33H41N3O3. The van der Waals surface area contributed by atoms with Crippen LogP contribution in [0.25, 0.3) is 11.0 Å². The Labute approximate surface area is 232 Å². The second-order valence-electron chi connectivity index (χ2n) is 10.2. The molecule has 0 radical (unpaired) electrons. The summed E-state index contributed by atoms with van der Waals surface area (Å²) in [5.41, 5.74) is 5.66. The Balaban J connectivity index is 1.19. The molecule has 0 bridgehead atoms. The number of amides is 1. The number of carbonyl (C=O) groups is 1. The van der Waals surface area contributed by atoms with Gasteiger partial charge in [0.25, 0.3) is 0 Å². The third-order valence-electron chi connectivity index (χ3n) is 7.03. The lowest BCUT2D eigenvalue weighted by atomic mass is 10.1. The van der Waals surface area contributed by atoms with Gasteiger partial charge in [0, 0.05) is 19.5 Å². The Bertz CT molecular complexity index is 1340. The number of aromatic nitrogens is 2. The summed E-state index contributed by atoms with van der Waals surface area (Å²) in [7, 11) is 1.64. The van der Waals surface area contributed by atoms with Crippen molar-refractivity contribution in [2.24, 2.45) is 0 Å². The number of para-hydroxylation sites is 2. The van der Waals surface area contributed by atoms with Crippen molar-refractivity contribution in [2.45, 2.75) is 65.3 Å². The Morgan fingerprint density at radius 3 is 2.56 bits per heavy atom. The third-order valence-corrected chi connectivity index (χ3v) is 7.03. The molecule has 1 aromatic heterocycles. The number of benzene rings is 3. The van der Waals surface area contributed by atoms with Crippen LogP contribution in [0.1, 0.15) is 54.6 Å². The number of aryl methyl sites for hydroxylation is 4. The molecule has 1 amide bonds. The van der Waals surface area contributed by atoms with E-state index in [4.69, 9.17) is 14.5 Å². The van der Waals surface area contributed by atoms with Crippen LogP contribution in [-0.2, 0) is 24.2 Å². The number of ether oxygens (including phenoxy) is 2. The molecule has 39 heavy (non-hydrogen) atoms. The highest BCUT2D eigenvalue weighted by Crippen LogP contribution is 2.21. The fraction of sp³-hybridized carbons (Fsp3) is 0.394. The Hall–Kier alpha value is -3.80. The predicted octanol–water partition coefficient (Wildman–Crippen LogP) is 6.59. The van der Waals surface area contributed by atoms with Crippen LogP contribution in [0.2, 0.25) is 0 Å². The van der Waals surface area contributed by atoms with E-state index < -0.39 is 0 Å². The van der Waals surface area contributed by atoms with Crippen LogP contribution in [0.5, 0.6) is 11.5 Å². The van der Waals surface area contributed by atoms with E-state index in [2.05, 4.69) is 66.2 Å². The lowest BCUT2D eigenvalue weighted by Gasteiger charge is -2.12. The van der Waals surface area contributed by atoms with Crippen molar-refractivity contribution in [3.05, 3.63) is 89.2 Å². The van der Waals surface area contributed by atoms with Gasteiger partial charge in [-0.2, -0.15) is 0 Å². The van der Waals surface area contributed by atoms with Gasteiger partial charge in [0.15, 0.2) is 0 Å². The molecule has 0 aliphatic rings. The van der Waals surface area contributed by atoms with Crippen molar-refractivity contribution in [1.82, 2.24) is 14.9 Å². The molecule has 0 unspecified atom stereocenters. The molecule has 0 aliphatic carbocycles. The molecule has 0 aliphatic heterocycles. The van der Waals surface area contributed by atoms with Crippen molar-refractivity contribution in [2.75, 3.05) is 20.3 Å². The zero-order chi connectivity index (χ0) is 27.5. The third kappa shape index (κ3) is 8.34. The topological polar surface area (TPSA) is 65.4 Å². The van der Waals surface area contributed by atoms with Crippen LogP contribution in [0.3, 0.4) is 0 Å². The fourth-order valence-corrected chi connectivity index (χ4v) is 4.79. The molecule has 206 valence electrons. The van der Waals surface area contributed by atoms with Crippen molar-refractivity contribution < 1.29 is 14.3 Å². The van der Waals surface area contributed by atoms with Gasteiger partial charge < -0.3 is 19.4 Å². The molecule has 3 aromatic carbocycles. The van der Waals surface area contributed by atoms with Crippen LogP contribution in [0.15, 0.2) is 66.7 Å². The van der Waals surface area contributed by atoms with Gasteiger partial charge in [-0.25, -0.2) is 4.98 Å². The van der Waals surface area contributed by atoms with E-state index in [0.717, 1.165) is 80.1 Å². The van der Waals surface area contributed by atoms with Gasteiger partial charge in [0.2, 0.25) is 5.91 Å². The van der Waals surface area contributed by atoms with E-state index >= 15 is 0 Å². The highest BCUT2D eigenvalue weighted by Gasteiger charge is 2.10. The van der Waals surface area contributed by atoms with E-state index in [1.54, 1.807) is 7.11 Å². The van der Waals surface area contributed by atoms with Crippen LogP contribution in [0.4, 0.5) is 0 Å². The molecule has 4 rings (SSSR count). The van der Waals surface area contributed by atoms with Gasteiger partial charge >= 0.3 is 0 Å². The molecule has 6 nitrogen and oxygen atoms in total. The van der Waals surface area contributed by atoms with Crippen LogP contribution >= 0.6 is 0 Å². The fourth-order valence-electron chi connectivity index (χ4n) is 4.79. The second-order valence-corrected chi connectivity index (χ2v) is 10.2. The van der Waals surface area contributed by atoms with Gasteiger partial charge in [0.1, 0.15) is 17.3 Å². The summed E-state index contributed by atoms with van der Waals surface area (Å²) < 4.78 is 13.6. The maximum atomic E-state index is 12.3. The largest absolute Gasteiger partial charge is 0.497 e. The lowest BCUT2D eigenvalue weighted by molar-refractivity contribution is -0.120. The zero-order valence-corrected chi connectivity index (χ0v) is 23.5. The zero-order valence-electron chi connectivity index (χ0n) is 23.5. The molecule has 0 fully saturated rings. The van der Waals surface area contributed by atoms with Crippen molar-refractivity contribution in [1.29, 1.82) is 0 Å². The lowest BCUT2D eigenvalue weighted by Crippen LogP contribution is -2.26. The average Bonchev–Trinajstić information content (AvgIpc) is 3.30. The summed E-state index contributed by atoms with van der Waals surface area (Å²) >= 11 is 0. The number of hydrogen-bond acceptors (Lipinski definition) is 4. The number of nitrogens with zero attached hydrogens (tertiary/aromatic N) is 2. The molecule has 0 spiro atoms. The van der Waals surface area contributed by atoms with Crippen LogP contribution in [-0.4, -0.2) is 35.7 Å². The molecule has 0 saturated carbocycles. The highest BCUT2D eigenvalue weighted by molar-refractivity contribution is 5.78. The number of methoxy groups -OCH3 is 1. The number of nitrogens with one attached hydrogen (secondary N) is 1. The van der Waals surface area contributed by atoms with E-state index in [1.165, 1.54) is 16.6 Å². The van der Waals surface area contributed by atoms with Gasteiger partial charge in [-0.3, -0.25) is 4.79 Å². The first-order valence-electron chi connectivity index (χ1n) is 14.1. The van der Waals surface area contributed by atoms with Crippen LogP contribution in [0, 0.1) is 13.8 Å².